The van der Waals surface area contributed by atoms with Crippen LogP contribution in [0.2, 0.25) is 0 Å². The predicted molar refractivity (Wildman–Crippen MR) is 45.4 cm³/mol. The highest BCUT2D eigenvalue weighted by atomic mass is 32.1. The largest absolute Gasteiger partial charge is 0.424 e. The molecule has 0 heterocycles. The molecule has 0 aliphatic carbocycles. The van der Waals surface area contributed by atoms with E-state index < -0.39 is 27.2 Å². The minimum Gasteiger partial charge on any atom is -0.258 e. The Morgan fingerprint density at radius 3 is 2.29 bits per heavy atom. The second kappa shape index (κ2) is 3.49. The summed E-state index contributed by atoms with van der Waals surface area (Å²) in [7, 11) is 0. The van der Waals surface area contributed by atoms with Gasteiger partial charge in [-0.2, -0.15) is 13.2 Å². The Labute approximate surface area is 82.1 Å². The highest BCUT2D eigenvalue weighted by Crippen LogP contribution is 2.39. The van der Waals surface area contributed by atoms with Crippen molar-refractivity contribution in [3.63, 3.8) is 0 Å². The number of halogens is 3. The zero-order chi connectivity index (χ0) is 10.9. The fourth-order valence-electron chi connectivity index (χ4n) is 0.971. The van der Waals surface area contributed by atoms with Gasteiger partial charge in [-0.1, -0.05) is 6.07 Å². The molecule has 7 heteroatoms. The first-order chi connectivity index (χ1) is 6.34. The van der Waals surface area contributed by atoms with Crippen molar-refractivity contribution in [3.05, 3.63) is 33.9 Å². The van der Waals surface area contributed by atoms with E-state index in [9.17, 15) is 23.3 Å². The van der Waals surface area contributed by atoms with E-state index in [-0.39, 0.29) is 0 Å². The zero-order valence-electron chi connectivity index (χ0n) is 6.58. The van der Waals surface area contributed by atoms with Crippen LogP contribution in [-0.2, 0) is 6.18 Å². The maximum Gasteiger partial charge on any atom is 0.424 e. The van der Waals surface area contributed by atoms with Crippen molar-refractivity contribution in [1.82, 2.24) is 0 Å². The molecule has 0 aromatic heterocycles. The average molecular weight is 223 g/mol. The van der Waals surface area contributed by atoms with Crippen LogP contribution in [0.15, 0.2) is 23.1 Å². The van der Waals surface area contributed by atoms with Gasteiger partial charge in [-0.05, 0) is 6.07 Å². The van der Waals surface area contributed by atoms with Gasteiger partial charge in [0.2, 0.25) is 0 Å². The Balaban J connectivity index is 3.45. The molecular weight excluding hydrogens is 219 g/mol. The third-order valence-electron chi connectivity index (χ3n) is 1.50. The monoisotopic (exact) mass is 223 g/mol. The maximum atomic E-state index is 12.3. The van der Waals surface area contributed by atoms with Gasteiger partial charge in [0.15, 0.2) is 0 Å². The number of rotatable bonds is 1. The summed E-state index contributed by atoms with van der Waals surface area (Å²) in [5, 5.41) is 10.3. The molecule has 0 aliphatic heterocycles. The molecule has 0 fully saturated rings. The summed E-state index contributed by atoms with van der Waals surface area (Å²) in [6.45, 7) is 0. The lowest BCUT2D eigenvalue weighted by molar-refractivity contribution is -0.388. The highest BCUT2D eigenvalue weighted by Gasteiger charge is 2.40. The minimum atomic E-state index is -4.76. The lowest BCUT2D eigenvalue weighted by Gasteiger charge is -2.08. The zero-order valence-corrected chi connectivity index (χ0v) is 7.47. The van der Waals surface area contributed by atoms with Crippen molar-refractivity contribution in [2.75, 3.05) is 0 Å². The quantitative estimate of drug-likeness (QED) is 0.452. The molecule has 1 aromatic carbocycles. The van der Waals surface area contributed by atoms with E-state index in [2.05, 4.69) is 12.6 Å². The number of nitrogens with zero attached hydrogens (tertiary/aromatic N) is 1. The molecule has 0 radical (unpaired) electrons. The van der Waals surface area contributed by atoms with Crippen LogP contribution >= 0.6 is 12.6 Å². The van der Waals surface area contributed by atoms with E-state index in [0.29, 0.717) is 0 Å². The molecule has 1 aromatic rings. The number of hydrogen-bond acceptors (Lipinski definition) is 3. The lowest BCUT2D eigenvalue weighted by atomic mass is 10.2. The van der Waals surface area contributed by atoms with Crippen molar-refractivity contribution >= 4 is 18.3 Å². The Morgan fingerprint density at radius 2 is 1.93 bits per heavy atom. The van der Waals surface area contributed by atoms with Gasteiger partial charge in [0.05, 0.1) is 4.92 Å². The number of nitro benzene ring substituents is 1. The van der Waals surface area contributed by atoms with Crippen molar-refractivity contribution in [1.29, 1.82) is 0 Å². The van der Waals surface area contributed by atoms with Crippen LogP contribution in [0, 0.1) is 10.1 Å². The van der Waals surface area contributed by atoms with Crippen molar-refractivity contribution < 1.29 is 18.1 Å². The van der Waals surface area contributed by atoms with Crippen LogP contribution in [0.5, 0.6) is 0 Å². The van der Waals surface area contributed by atoms with Crippen molar-refractivity contribution in [2.24, 2.45) is 0 Å². The predicted octanol–water partition coefficient (Wildman–Crippen LogP) is 2.90. The highest BCUT2D eigenvalue weighted by molar-refractivity contribution is 7.80. The minimum absolute atomic E-state index is 0.452. The summed E-state index contributed by atoms with van der Waals surface area (Å²) in [6.07, 6.45) is -4.76. The fourth-order valence-corrected chi connectivity index (χ4v) is 1.30. The van der Waals surface area contributed by atoms with E-state index in [0.717, 1.165) is 18.2 Å². The topological polar surface area (TPSA) is 43.1 Å². The molecule has 0 N–H and O–H groups in total. The number of nitro groups is 1. The Hall–Kier alpha value is -1.24. The Kier molecular flexibility index (Phi) is 2.70. The summed E-state index contributed by atoms with van der Waals surface area (Å²) < 4.78 is 36.9. The molecule has 0 spiro atoms. The van der Waals surface area contributed by atoms with E-state index >= 15 is 0 Å². The molecule has 1 rings (SSSR count). The first-order valence-corrected chi connectivity index (χ1v) is 3.82. The molecule has 76 valence electrons. The Morgan fingerprint density at radius 1 is 1.36 bits per heavy atom. The molecule has 14 heavy (non-hydrogen) atoms. The first kappa shape index (κ1) is 10.8. The van der Waals surface area contributed by atoms with E-state index in [1.807, 2.05) is 0 Å². The molecule has 3 nitrogen and oxygen atoms in total. The molecule has 0 unspecified atom stereocenters. The standard InChI is InChI=1S/C7H4F3NO2S/c8-7(9,10)6-4(11(12)13)2-1-3-5(6)14/h1-3,14H. The summed E-state index contributed by atoms with van der Waals surface area (Å²) in [4.78, 5) is 8.76. The first-order valence-electron chi connectivity index (χ1n) is 3.37. The molecule has 0 amide bonds. The van der Waals surface area contributed by atoms with Gasteiger partial charge in [-0.3, -0.25) is 10.1 Å². The van der Waals surface area contributed by atoms with E-state index in [1.54, 1.807) is 0 Å². The summed E-state index contributed by atoms with van der Waals surface area (Å²) in [5.41, 5.74) is -2.29. The van der Waals surface area contributed by atoms with Crippen LogP contribution in [-0.4, -0.2) is 4.92 Å². The Bertz CT molecular complexity index is 378. The average Bonchev–Trinajstić information content (AvgIpc) is 2.01. The number of benzene rings is 1. The van der Waals surface area contributed by atoms with Crippen LogP contribution in [0.25, 0.3) is 0 Å². The smallest absolute Gasteiger partial charge is 0.258 e. The van der Waals surface area contributed by atoms with Crippen LogP contribution in [0.1, 0.15) is 5.56 Å². The van der Waals surface area contributed by atoms with Gasteiger partial charge in [-0.25, -0.2) is 0 Å². The van der Waals surface area contributed by atoms with Crippen LogP contribution in [0.4, 0.5) is 18.9 Å². The molecule has 0 aliphatic rings. The summed E-state index contributed by atoms with van der Waals surface area (Å²) >= 11 is 3.53. The van der Waals surface area contributed by atoms with E-state index in [4.69, 9.17) is 0 Å². The van der Waals surface area contributed by atoms with Gasteiger partial charge in [-0.15, -0.1) is 12.6 Å². The second-order valence-corrected chi connectivity index (χ2v) is 2.91. The molecule has 0 atom stereocenters. The molecule has 0 saturated carbocycles. The van der Waals surface area contributed by atoms with Gasteiger partial charge < -0.3 is 0 Å². The van der Waals surface area contributed by atoms with E-state index in [1.165, 1.54) is 0 Å². The maximum absolute atomic E-state index is 12.3. The van der Waals surface area contributed by atoms with Crippen molar-refractivity contribution in [2.45, 2.75) is 11.1 Å². The lowest BCUT2D eigenvalue weighted by Crippen LogP contribution is -2.09. The van der Waals surface area contributed by atoms with Gasteiger partial charge in [0.1, 0.15) is 5.56 Å². The third kappa shape index (κ3) is 1.98. The second-order valence-electron chi connectivity index (χ2n) is 2.43. The number of alkyl halides is 3. The van der Waals surface area contributed by atoms with Crippen molar-refractivity contribution in [3.8, 4) is 0 Å². The van der Waals surface area contributed by atoms with Gasteiger partial charge in [0, 0.05) is 11.0 Å². The molecule has 0 saturated heterocycles. The summed E-state index contributed by atoms with van der Waals surface area (Å²) in [5.74, 6) is 0. The third-order valence-corrected chi connectivity index (χ3v) is 1.87. The van der Waals surface area contributed by atoms with Crippen LogP contribution < -0.4 is 0 Å². The number of thiol groups is 1. The summed E-state index contributed by atoms with van der Waals surface area (Å²) in [6, 6.07) is 3.00. The number of hydrogen-bond donors (Lipinski definition) is 1. The van der Waals surface area contributed by atoms with Crippen LogP contribution in [0.3, 0.4) is 0 Å². The molecular formula is C7H4F3NO2S. The fraction of sp³-hybridized carbons (Fsp3) is 0.143. The molecule has 0 bridgehead atoms. The van der Waals surface area contributed by atoms with Gasteiger partial charge >= 0.3 is 6.18 Å². The van der Waals surface area contributed by atoms with Gasteiger partial charge in [0.25, 0.3) is 5.69 Å². The normalized spacial score (nSPS) is 11.4. The SMILES string of the molecule is O=[N+]([O-])c1cccc(S)c1C(F)(F)F.